The summed E-state index contributed by atoms with van der Waals surface area (Å²) in [7, 11) is 0. The summed E-state index contributed by atoms with van der Waals surface area (Å²) < 4.78 is 11.7. The lowest BCUT2D eigenvalue weighted by Gasteiger charge is -2.03. The molecular formula is C13H16N4O3. The van der Waals surface area contributed by atoms with Crippen LogP contribution < -0.4 is 0 Å². The molecule has 0 aliphatic carbocycles. The van der Waals surface area contributed by atoms with E-state index in [-0.39, 0.29) is 12.3 Å². The number of carbonyl (C=O) groups excluding carboxylic acids is 1. The highest BCUT2D eigenvalue weighted by molar-refractivity contribution is 5.88. The van der Waals surface area contributed by atoms with Crippen molar-refractivity contribution in [1.29, 1.82) is 0 Å². The Balaban J connectivity index is 2.21. The van der Waals surface area contributed by atoms with Gasteiger partial charge in [0.15, 0.2) is 5.69 Å². The average Bonchev–Trinajstić information content (AvgIpc) is 2.94. The van der Waals surface area contributed by atoms with E-state index < -0.39 is 5.97 Å². The topological polar surface area (TPSA) is 83.0 Å². The number of aromatic nitrogens is 4. The predicted molar refractivity (Wildman–Crippen MR) is 70.3 cm³/mol. The molecule has 0 aliphatic rings. The molecule has 0 atom stereocenters. The highest BCUT2D eigenvalue weighted by Gasteiger charge is 2.19. The Labute approximate surface area is 116 Å². The molecular weight excluding hydrogens is 260 g/mol. The molecule has 0 saturated heterocycles. The number of nitrogens with zero attached hydrogens (tertiary/aromatic N) is 4. The van der Waals surface area contributed by atoms with Gasteiger partial charge in [0, 0.05) is 5.56 Å². The van der Waals surface area contributed by atoms with Crippen molar-refractivity contribution in [3.63, 3.8) is 0 Å². The van der Waals surface area contributed by atoms with Gasteiger partial charge in [-0.1, -0.05) is 23.0 Å². The maximum absolute atomic E-state index is 11.8. The van der Waals surface area contributed by atoms with Crippen molar-refractivity contribution in [2.24, 2.45) is 0 Å². The van der Waals surface area contributed by atoms with E-state index in [4.69, 9.17) is 9.26 Å². The van der Waals surface area contributed by atoms with Gasteiger partial charge in [-0.15, -0.1) is 5.10 Å². The molecule has 2 rings (SSSR count). The Hall–Kier alpha value is -2.44. The average molecular weight is 276 g/mol. The van der Waals surface area contributed by atoms with Crippen LogP contribution in [0.2, 0.25) is 0 Å². The summed E-state index contributed by atoms with van der Waals surface area (Å²) in [6.07, 6.45) is 1.50. The minimum atomic E-state index is -0.507. The smallest absolute Gasteiger partial charge is 0.361 e. The van der Waals surface area contributed by atoms with E-state index in [9.17, 15) is 4.79 Å². The first-order chi connectivity index (χ1) is 9.54. The van der Waals surface area contributed by atoms with Crippen LogP contribution in [0.3, 0.4) is 0 Å². The van der Waals surface area contributed by atoms with E-state index in [1.54, 1.807) is 11.6 Å². The van der Waals surface area contributed by atoms with Gasteiger partial charge < -0.3 is 9.26 Å². The maximum atomic E-state index is 11.8. The molecule has 7 heteroatoms. The second-order valence-corrected chi connectivity index (χ2v) is 4.37. The molecule has 0 unspecified atom stereocenters. The van der Waals surface area contributed by atoms with Gasteiger partial charge in [0.2, 0.25) is 0 Å². The fraction of sp³-hybridized carbons (Fsp3) is 0.385. The van der Waals surface area contributed by atoms with Crippen molar-refractivity contribution in [3.8, 4) is 0 Å². The summed E-state index contributed by atoms with van der Waals surface area (Å²) in [5.74, 6) is 0.223. The summed E-state index contributed by atoms with van der Waals surface area (Å²) in [5.41, 5.74) is 2.58. The molecule has 0 radical (unpaired) electrons. The molecule has 2 aromatic heterocycles. The van der Waals surface area contributed by atoms with E-state index >= 15 is 0 Å². The Kier molecular flexibility index (Phi) is 3.97. The van der Waals surface area contributed by atoms with Crippen molar-refractivity contribution in [2.45, 2.75) is 27.3 Å². The number of aryl methyl sites for hydroxylation is 2. The minimum absolute atomic E-state index is 0.148. The number of esters is 1. The van der Waals surface area contributed by atoms with Crippen LogP contribution in [-0.4, -0.2) is 32.7 Å². The molecule has 0 saturated carbocycles. The number of ether oxygens (including phenoxy) is 1. The summed E-state index contributed by atoms with van der Waals surface area (Å²) in [6, 6.07) is 0. The van der Waals surface area contributed by atoms with Gasteiger partial charge in [0.05, 0.1) is 17.9 Å². The largest absolute Gasteiger partial charge is 0.457 e. The van der Waals surface area contributed by atoms with Crippen LogP contribution in [0.25, 0.3) is 0 Å². The van der Waals surface area contributed by atoms with Crippen LogP contribution in [0.4, 0.5) is 0 Å². The monoisotopic (exact) mass is 276 g/mol. The Morgan fingerprint density at radius 2 is 2.20 bits per heavy atom. The molecule has 2 heterocycles. The Morgan fingerprint density at radius 1 is 1.45 bits per heavy atom. The fourth-order valence-electron chi connectivity index (χ4n) is 1.78. The SMILES string of the molecule is C=CCOC(=O)c1nnn(Cc2c(C)noc2C)c1C. The molecule has 0 spiro atoms. The number of carbonyl (C=O) groups is 1. The number of rotatable bonds is 5. The van der Waals surface area contributed by atoms with Crippen molar-refractivity contribution in [1.82, 2.24) is 20.2 Å². The highest BCUT2D eigenvalue weighted by Crippen LogP contribution is 2.15. The van der Waals surface area contributed by atoms with E-state index in [0.717, 1.165) is 17.0 Å². The quantitative estimate of drug-likeness (QED) is 0.609. The van der Waals surface area contributed by atoms with Crippen LogP contribution in [0.1, 0.15) is 33.2 Å². The van der Waals surface area contributed by atoms with Gasteiger partial charge in [0.25, 0.3) is 0 Å². The molecule has 0 amide bonds. The van der Waals surface area contributed by atoms with Crippen molar-refractivity contribution < 1.29 is 14.1 Å². The van der Waals surface area contributed by atoms with Gasteiger partial charge in [-0.3, -0.25) is 0 Å². The van der Waals surface area contributed by atoms with Gasteiger partial charge >= 0.3 is 5.97 Å². The fourth-order valence-corrected chi connectivity index (χ4v) is 1.78. The third-order valence-corrected chi connectivity index (χ3v) is 3.00. The molecule has 0 fully saturated rings. The number of hydrogen-bond acceptors (Lipinski definition) is 6. The predicted octanol–water partition coefficient (Wildman–Crippen LogP) is 1.58. The first-order valence-electron chi connectivity index (χ1n) is 6.14. The van der Waals surface area contributed by atoms with Crippen molar-refractivity contribution in [2.75, 3.05) is 6.61 Å². The van der Waals surface area contributed by atoms with E-state index in [1.807, 2.05) is 13.8 Å². The summed E-state index contributed by atoms with van der Waals surface area (Å²) >= 11 is 0. The molecule has 2 aromatic rings. The van der Waals surface area contributed by atoms with E-state index in [2.05, 4.69) is 22.0 Å². The third kappa shape index (κ3) is 2.61. The maximum Gasteiger partial charge on any atom is 0.361 e. The summed E-state index contributed by atoms with van der Waals surface area (Å²) in [6.45, 7) is 9.55. The first-order valence-corrected chi connectivity index (χ1v) is 6.14. The zero-order valence-corrected chi connectivity index (χ0v) is 11.7. The normalized spacial score (nSPS) is 10.6. The van der Waals surface area contributed by atoms with Crippen molar-refractivity contribution >= 4 is 5.97 Å². The van der Waals surface area contributed by atoms with Crippen LogP contribution in [-0.2, 0) is 11.3 Å². The van der Waals surface area contributed by atoms with E-state index in [1.165, 1.54) is 6.08 Å². The lowest BCUT2D eigenvalue weighted by Crippen LogP contribution is -2.09. The van der Waals surface area contributed by atoms with Gasteiger partial charge in [-0.2, -0.15) is 0 Å². The molecule has 0 aliphatic heterocycles. The van der Waals surface area contributed by atoms with Crippen LogP contribution >= 0.6 is 0 Å². The lowest BCUT2D eigenvalue weighted by atomic mass is 10.2. The Morgan fingerprint density at radius 3 is 2.80 bits per heavy atom. The van der Waals surface area contributed by atoms with Crippen LogP contribution in [0, 0.1) is 20.8 Å². The Bertz CT molecular complexity index is 623. The standard InChI is InChI=1S/C13H16N4O3/c1-5-6-19-13(18)12-9(3)17(16-14-12)7-11-8(2)15-20-10(11)4/h5H,1,6-7H2,2-4H3. The second-order valence-electron chi connectivity index (χ2n) is 4.37. The summed E-state index contributed by atoms with van der Waals surface area (Å²) in [4.78, 5) is 11.8. The van der Waals surface area contributed by atoms with Gasteiger partial charge in [0.1, 0.15) is 12.4 Å². The summed E-state index contributed by atoms with van der Waals surface area (Å²) in [5, 5.41) is 11.7. The van der Waals surface area contributed by atoms with Gasteiger partial charge in [-0.25, -0.2) is 9.48 Å². The molecule has 0 bridgehead atoms. The molecule has 0 N–H and O–H groups in total. The molecule has 7 nitrogen and oxygen atoms in total. The second kappa shape index (κ2) is 5.68. The highest BCUT2D eigenvalue weighted by atomic mass is 16.5. The number of hydrogen-bond donors (Lipinski definition) is 0. The molecule has 106 valence electrons. The molecule has 0 aromatic carbocycles. The van der Waals surface area contributed by atoms with Crippen molar-refractivity contribution in [3.05, 3.63) is 41.1 Å². The lowest BCUT2D eigenvalue weighted by molar-refractivity contribution is 0.0542. The zero-order valence-electron chi connectivity index (χ0n) is 11.7. The minimum Gasteiger partial charge on any atom is -0.457 e. The molecule has 20 heavy (non-hydrogen) atoms. The van der Waals surface area contributed by atoms with Crippen LogP contribution in [0.15, 0.2) is 17.2 Å². The van der Waals surface area contributed by atoms with Gasteiger partial charge in [-0.05, 0) is 20.8 Å². The zero-order chi connectivity index (χ0) is 14.7. The van der Waals surface area contributed by atoms with E-state index in [0.29, 0.717) is 12.2 Å². The third-order valence-electron chi connectivity index (χ3n) is 3.00. The van der Waals surface area contributed by atoms with Crippen LogP contribution in [0.5, 0.6) is 0 Å². The first kappa shape index (κ1) is 14.0.